The molecule has 3 aliphatic rings. The fourth-order valence-electron chi connectivity index (χ4n) is 4.71. The monoisotopic (exact) mass is 449 g/mol. The van der Waals surface area contributed by atoms with E-state index in [0.29, 0.717) is 34.3 Å². The highest BCUT2D eigenvalue weighted by Crippen LogP contribution is 2.55. The van der Waals surface area contributed by atoms with Crippen LogP contribution in [-0.4, -0.2) is 52.6 Å². The molecule has 8 nitrogen and oxygen atoms in total. The Morgan fingerprint density at radius 3 is 2.58 bits per heavy atom. The molecule has 0 amide bonds. The predicted molar refractivity (Wildman–Crippen MR) is 107 cm³/mol. The molecule has 2 atom stereocenters. The van der Waals surface area contributed by atoms with Crippen LogP contribution in [0.5, 0.6) is 28.7 Å². The summed E-state index contributed by atoms with van der Waals surface area (Å²) in [6.45, 7) is 0.963. The lowest BCUT2D eigenvalue weighted by atomic mass is 9.85. The molecule has 3 aliphatic heterocycles. The number of ether oxygens (including phenoxy) is 6. The summed E-state index contributed by atoms with van der Waals surface area (Å²) >= 11 is 0. The number of hydrogen-bond acceptors (Lipinski definition) is 8. The average Bonchev–Trinajstić information content (AvgIpc) is 3.35. The molecule has 0 saturated heterocycles. The molecule has 0 bridgehead atoms. The van der Waals surface area contributed by atoms with Gasteiger partial charge in [0.2, 0.25) is 12.5 Å². The van der Waals surface area contributed by atoms with Crippen molar-refractivity contribution in [3.05, 3.63) is 40.5 Å². The molecule has 2 aromatic rings. The zero-order valence-corrected chi connectivity index (χ0v) is 18.4. The van der Waals surface area contributed by atoms with Gasteiger partial charge in [-0.1, -0.05) is 6.07 Å². The molecule has 166 valence electrons. The average molecular weight is 450 g/mol. The lowest BCUT2D eigenvalue weighted by Crippen LogP contribution is -3.00. The first-order valence-electron chi connectivity index (χ1n) is 9.74. The number of hydrogen-bond donors (Lipinski definition) is 0. The van der Waals surface area contributed by atoms with Gasteiger partial charge in [-0.25, -0.2) is 4.79 Å². The third kappa shape index (κ3) is 3.04. The number of halogens is 1. The smallest absolute Gasteiger partial charge is 1.00 e. The van der Waals surface area contributed by atoms with Crippen molar-refractivity contribution in [3.8, 4) is 28.7 Å². The molecule has 2 unspecified atom stereocenters. The standard InChI is InChI=1S/C22H23NO7.ClH/c1-23-8-7-11-9-14-20(29-10-28-14)21(27-4)15(11)17(23)18-12-5-6-13(25-2)19(26-3)16(12)22(24)30-18;/h5-6,9,17-18H,7-8,10H2,1-4H3;1H. The summed E-state index contributed by atoms with van der Waals surface area (Å²) < 4.78 is 33.8. The molecule has 0 spiro atoms. The van der Waals surface area contributed by atoms with E-state index in [4.69, 9.17) is 28.4 Å². The fourth-order valence-corrected chi connectivity index (χ4v) is 4.71. The van der Waals surface area contributed by atoms with E-state index < -0.39 is 12.1 Å². The van der Waals surface area contributed by atoms with Crippen molar-refractivity contribution in [3.63, 3.8) is 0 Å². The summed E-state index contributed by atoms with van der Waals surface area (Å²) in [6.07, 6.45) is 0.306. The van der Waals surface area contributed by atoms with Crippen molar-refractivity contribution < 1.29 is 47.0 Å². The number of rotatable bonds is 4. The quantitative estimate of drug-likeness (QED) is 0.604. The first kappa shape index (κ1) is 21.4. The van der Waals surface area contributed by atoms with Crippen LogP contribution in [0.2, 0.25) is 0 Å². The molecule has 3 heterocycles. The van der Waals surface area contributed by atoms with Crippen LogP contribution < -0.4 is 36.1 Å². The van der Waals surface area contributed by atoms with Crippen LogP contribution in [0.15, 0.2) is 18.2 Å². The van der Waals surface area contributed by atoms with Crippen LogP contribution >= 0.6 is 0 Å². The van der Waals surface area contributed by atoms with E-state index in [9.17, 15) is 4.79 Å². The van der Waals surface area contributed by atoms with Crippen molar-refractivity contribution in [1.82, 2.24) is 4.90 Å². The second-order valence-corrected chi connectivity index (χ2v) is 7.48. The Hall–Kier alpha value is -2.84. The first-order valence-corrected chi connectivity index (χ1v) is 9.74. The maximum atomic E-state index is 12.9. The van der Waals surface area contributed by atoms with E-state index in [0.717, 1.165) is 29.7 Å². The van der Waals surface area contributed by atoms with Gasteiger partial charge in [-0.3, -0.25) is 4.90 Å². The number of nitrogens with zero attached hydrogens (tertiary/aromatic N) is 1. The number of methoxy groups -OCH3 is 3. The van der Waals surface area contributed by atoms with Gasteiger partial charge in [0.1, 0.15) is 11.7 Å². The van der Waals surface area contributed by atoms with Gasteiger partial charge in [0.05, 0.1) is 27.4 Å². The zero-order valence-electron chi connectivity index (χ0n) is 18.7. The summed E-state index contributed by atoms with van der Waals surface area (Å²) in [7, 11) is 6.70. The summed E-state index contributed by atoms with van der Waals surface area (Å²) in [5.41, 5.74) is 3.23. The molecule has 9 heteroatoms. The van der Waals surface area contributed by atoms with Crippen LogP contribution in [0, 0.1) is 0 Å². The van der Waals surface area contributed by atoms with E-state index >= 15 is 0 Å². The molecule has 0 radical (unpaired) electrons. The van der Waals surface area contributed by atoms with E-state index in [2.05, 4.69) is 4.90 Å². The summed E-state index contributed by atoms with van der Waals surface area (Å²) in [5.74, 6) is 2.36. The lowest BCUT2D eigenvalue weighted by molar-refractivity contribution is -0.0000857. The SMILES string of the molecule is COc1ccc2c(c1OC)C(=O)OC2C1c2c(cc3c(c2OC)OCO3)CCN1C.[Cl-].[H+]. The number of cyclic esters (lactones) is 1. The van der Waals surface area contributed by atoms with E-state index in [-0.39, 0.29) is 26.7 Å². The Bertz CT molecular complexity index is 1050. The van der Waals surface area contributed by atoms with Gasteiger partial charge < -0.3 is 40.8 Å². The minimum absolute atomic E-state index is 0. The van der Waals surface area contributed by atoms with Crippen LogP contribution in [0.3, 0.4) is 0 Å². The minimum atomic E-state index is -0.523. The maximum absolute atomic E-state index is 12.9. The molecule has 0 N–H and O–H groups in total. The molecular formula is C22H24ClNO7. The van der Waals surface area contributed by atoms with Gasteiger partial charge in [-0.2, -0.15) is 0 Å². The highest BCUT2D eigenvalue weighted by Gasteiger charge is 2.46. The van der Waals surface area contributed by atoms with Gasteiger partial charge in [0, 0.05) is 17.7 Å². The molecule has 0 fully saturated rings. The molecule has 0 saturated carbocycles. The predicted octanol–water partition coefficient (Wildman–Crippen LogP) is -0.00170. The summed E-state index contributed by atoms with van der Waals surface area (Å²) in [5, 5.41) is 0. The minimum Gasteiger partial charge on any atom is -1.00 e. The van der Waals surface area contributed by atoms with Gasteiger partial charge in [-0.05, 0) is 31.2 Å². The fraction of sp³-hybridized carbons (Fsp3) is 0.409. The molecule has 31 heavy (non-hydrogen) atoms. The Labute approximate surface area is 187 Å². The lowest BCUT2D eigenvalue weighted by Gasteiger charge is -2.38. The third-order valence-electron chi connectivity index (χ3n) is 6.06. The van der Waals surface area contributed by atoms with Crippen molar-refractivity contribution in [2.75, 3.05) is 41.7 Å². The number of carbonyl (C=O) groups is 1. The van der Waals surface area contributed by atoms with Gasteiger partial charge >= 0.3 is 7.40 Å². The maximum Gasteiger partial charge on any atom is 1.00 e. The van der Waals surface area contributed by atoms with Crippen molar-refractivity contribution >= 4 is 5.97 Å². The van der Waals surface area contributed by atoms with Crippen LogP contribution in [-0.2, 0) is 11.2 Å². The Balaban J connectivity index is 0.00000144. The van der Waals surface area contributed by atoms with Gasteiger partial charge in [0.15, 0.2) is 23.0 Å². The summed E-state index contributed by atoms with van der Waals surface area (Å²) in [6, 6.07) is 5.43. The number of fused-ring (bicyclic) bond motifs is 3. The second-order valence-electron chi connectivity index (χ2n) is 7.48. The highest BCUT2D eigenvalue weighted by atomic mass is 35.5. The molecule has 2 aromatic carbocycles. The molecule has 0 aliphatic carbocycles. The van der Waals surface area contributed by atoms with Crippen LogP contribution in [0.25, 0.3) is 0 Å². The van der Waals surface area contributed by atoms with Crippen molar-refractivity contribution in [2.24, 2.45) is 0 Å². The number of esters is 1. The van der Waals surface area contributed by atoms with Crippen molar-refractivity contribution in [1.29, 1.82) is 0 Å². The van der Waals surface area contributed by atoms with Crippen LogP contribution in [0.4, 0.5) is 0 Å². The third-order valence-corrected chi connectivity index (χ3v) is 6.06. The Kier molecular flexibility index (Phi) is 5.53. The van der Waals surface area contributed by atoms with Gasteiger partial charge in [-0.15, -0.1) is 0 Å². The Morgan fingerprint density at radius 1 is 1.10 bits per heavy atom. The van der Waals surface area contributed by atoms with E-state index in [1.807, 2.05) is 19.2 Å². The second kappa shape index (κ2) is 8.01. The number of carbonyl (C=O) groups excluding carboxylic acids is 1. The van der Waals surface area contributed by atoms with Gasteiger partial charge in [0.25, 0.3) is 0 Å². The highest BCUT2D eigenvalue weighted by molar-refractivity contribution is 5.98. The zero-order chi connectivity index (χ0) is 21.0. The van der Waals surface area contributed by atoms with E-state index in [1.54, 1.807) is 20.3 Å². The van der Waals surface area contributed by atoms with E-state index in [1.165, 1.54) is 7.11 Å². The molecule has 0 aromatic heterocycles. The normalized spacial score (nSPS) is 21.0. The number of likely N-dealkylation sites (N-methyl/N-ethyl adjacent to an activating group) is 1. The summed E-state index contributed by atoms with van der Waals surface area (Å²) in [4.78, 5) is 15.1. The molecule has 5 rings (SSSR count). The van der Waals surface area contributed by atoms with Crippen LogP contribution in [0.1, 0.15) is 40.6 Å². The number of benzene rings is 2. The first-order chi connectivity index (χ1) is 14.6. The molecular weight excluding hydrogens is 426 g/mol. The Morgan fingerprint density at radius 2 is 1.87 bits per heavy atom. The van der Waals surface area contributed by atoms with Crippen molar-refractivity contribution in [2.45, 2.75) is 18.6 Å². The largest absolute Gasteiger partial charge is 1.00 e. The topological polar surface area (TPSA) is 75.7 Å².